The second-order valence-electron chi connectivity index (χ2n) is 20.9. The lowest BCUT2D eigenvalue weighted by Gasteiger charge is -2.71. The van der Waals surface area contributed by atoms with Gasteiger partial charge in [0.15, 0.2) is 22.7 Å². The van der Waals surface area contributed by atoms with Crippen LogP contribution in [-0.2, 0) is 85.4 Å². The predicted octanol–water partition coefficient (Wildman–Crippen LogP) is 12.9. The molecule has 0 N–H and O–H groups in total. The SMILES string of the molecule is C=CC(=O)OC1=CC(OCCC)(C(C)(C)C2(OCCC)C=C(OC(=O)C=C)C(OCCC)(OCCC)C(OCCC)(OCCC)C2(OCCC)OCCC)C(OCCC)(OCCC)C(OCCC)(OCCC)C1(OCCC)OCCC. The highest BCUT2D eigenvalue weighted by atomic mass is 16.9. The van der Waals surface area contributed by atoms with Crippen LogP contribution in [0, 0.1) is 5.41 Å². The molecule has 0 fully saturated rings. The van der Waals surface area contributed by atoms with Crippen LogP contribution in [0.4, 0.5) is 0 Å². The fourth-order valence-corrected chi connectivity index (χ4v) is 10.5. The van der Waals surface area contributed by atoms with Crippen LogP contribution in [0.15, 0.2) is 49.0 Å². The number of ether oxygens (including phenoxy) is 16. The van der Waals surface area contributed by atoms with E-state index in [0.29, 0.717) is 89.9 Å². The van der Waals surface area contributed by atoms with Gasteiger partial charge >= 0.3 is 11.9 Å². The van der Waals surface area contributed by atoms with Gasteiger partial charge in [0.25, 0.3) is 34.7 Å². The van der Waals surface area contributed by atoms with Gasteiger partial charge < -0.3 is 75.8 Å². The molecule has 2 atom stereocenters. The average molecular weight is 1160 g/mol. The van der Waals surface area contributed by atoms with Gasteiger partial charge in [-0.2, -0.15) is 0 Å². The molecule has 2 aliphatic rings. The molecule has 0 aromatic carbocycles. The minimum absolute atomic E-state index is 0.00307. The van der Waals surface area contributed by atoms with Crippen molar-refractivity contribution in [3.05, 3.63) is 49.0 Å². The van der Waals surface area contributed by atoms with Gasteiger partial charge in [-0.3, -0.25) is 0 Å². The van der Waals surface area contributed by atoms with Crippen molar-refractivity contribution in [1.82, 2.24) is 0 Å². The summed E-state index contributed by atoms with van der Waals surface area (Å²) in [6.07, 6.45) is 11.8. The van der Waals surface area contributed by atoms with Gasteiger partial charge in [0.05, 0.1) is 79.3 Å². The number of hydrogen-bond acceptors (Lipinski definition) is 18. The van der Waals surface area contributed by atoms with Crippen LogP contribution in [0.3, 0.4) is 0 Å². The van der Waals surface area contributed by atoms with Crippen LogP contribution < -0.4 is 0 Å². The van der Waals surface area contributed by atoms with Crippen LogP contribution in [0.1, 0.15) is 201 Å². The molecule has 0 saturated carbocycles. The van der Waals surface area contributed by atoms with E-state index in [0.717, 1.165) is 12.2 Å². The topological polar surface area (TPSA) is 182 Å². The van der Waals surface area contributed by atoms with Crippen LogP contribution in [0.25, 0.3) is 0 Å². The molecule has 0 amide bonds. The third-order valence-corrected chi connectivity index (χ3v) is 13.8. The van der Waals surface area contributed by atoms with E-state index in [2.05, 4.69) is 13.2 Å². The van der Waals surface area contributed by atoms with E-state index in [9.17, 15) is 9.59 Å². The van der Waals surface area contributed by atoms with E-state index < -0.39 is 63.3 Å². The summed E-state index contributed by atoms with van der Waals surface area (Å²) in [7, 11) is 0. The molecular weight excluding hydrogens is 1040 g/mol. The first-order chi connectivity index (χ1) is 39.0. The van der Waals surface area contributed by atoms with E-state index in [-0.39, 0.29) is 104 Å². The molecule has 0 aliphatic heterocycles. The van der Waals surface area contributed by atoms with Crippen molar-refractivity contribution in [2.45, 2.75) is 247 Å². The Kier molecular flexibility index (Phi) is 33.4. The predicted molar refractivity (Wildman–Crippen MR) is 312 cm³/mol. The van der Waals surface area contributed by atoms with Crippen molar-refractivity contribution in [1.29, 1.82) is 0 Å². The Morgan fingerprint density at radius 3 is 0.716 bits per heavy atom. The largest absolute Gasteiger partial charge is 0.422 e. The maximum Gasteiger partial charge on any atom is 0.335 e. The summed E-state index contributed by atoms with van der Waals surface area (Å²) < 4.78 is 119. The van der Waals surface area contributed by atoms with Crippen molar-refractivity contribution in [3.63, 3.8) is 0 Å². The molecule has 18 nitrogen and oxygen atoms in total. The standard InChI is InChI=1S/C63H112O18/c1-19-35-66-56(49-51(80-53(64)33-15)58(68-37-21-3,69-38-22-4)62(76-45-29-11,77-46-30-12)60(56,72-41-25-7)73-42-26-8)55(17,18)57(67-36-20-2)50-52(81-54(65)34-16)59(70-39-23-5,71-40-24-6)63(78-47-31-13,79-48-32-14)61(57,74-43-27-9)75-44-28-10/h33-34,49-50H,15-16,19-32,35-48H2,1-14,17-18H3. The van der Waals surface area contributed by atoms with Crippen molar-refractivity contribution in [2.24, 2.45) is 5.41 Å². The maximum absolute atomic E-state index is 14.4. The summed E-state index contributed by atoms with van der Waals surface area (Å²) in [5.74, 6) is -16.4. The smallest absolute Gasteiger partial charge is 0.335 e. The Bertz CT molecular complexity index is 1700. The molecule has 0 bridgehead atoms. The summed E-state index contributed by atoms with van der Waals surface area (Å²) in [6, 6.07) is 0. The van der Waals surface area contributed by atoms with Crippen molar-refractivity contribution in [2.75, 3.05) is 92.5 Å². The second kappa shape index (κ2) is 36.4. The molecule has 18 heteroatoms. The summed E-state index contributed by atoms with van der Waals surface area (Å²) >= 11 is 0. The van der Waals surface area contributed by atoms with Crippen molar-refractivity contribution < 1.29 is 85.4 Å². The molecule has 0 radical (unpaired) electrons. The number of carbonyl (C=O) groups is 2. The Morgan fingerprint density at radius 1 is 0.333 bits per heavy atom. The number of esters is 2. The first kappa shape index (κ1) is 74.4. The third kappa shape index (κ3) is 14.6. The molecule has 472 valence electrons. The lowest BCUT2D eigenvalue weighted by molar-refractivity contribution is -0.549. The van der Waals surface area contributed by atoms with Gasteiger partial charge in [-0.1, -0.05) is 124 Å². The Morgan fingerprint density at radius 2 is 0.519 bits per heavy atom. The zero-order valence-corrected chi connectivity index (χ0v) is 53.4. The zero-order valence-electron chi connectivity index (χ0n) is 53.4. The van der Waals surface area contributed by atoms with E-state index in [1.807, 2.05) is 111 Å². The molecule has 0 aromatic rings. The highest BCUT2D eigenvalue weighted by Gasteiger charge is 2.92. The molecule has 0 aromatic heterocycles. The molecule has 2 rings (SSSR count). The molecule has 81 heavy (non-hydrogen) atoms. The third-order valence-electron chi connectivity index (χ3n) is 13.8. The molecular formula is C63H112O18. The average Bonchev–Trinajstić information content (AvgIpc) is 1.91. The monoisotopic (exact) mass is 1160 g/mol. The zero-order chi connectivity index (χ0) is 60.8. The number of hydrogen-bond donors (Lipinski definition) is 0. The van der Waals surface area contributed by atoms with Gasteiger partial charge in [-0.05, 0) is 102 Å². The number of rotatable bonds is 48. The summed E-state index contributed by atoms with van der Waals surface area (Å²) in [5, 5.41) is 0. The highest BCUT2D eigenvalue weighted by Crippen LogP contribution is 2.70. The van der Waals surface area contributed by atoms with E-state index in [1.54, 1.807) is 12.2 Å². The van der Waals surface area contributed by atoms with Crippen LogP contribution in [0.5, 0.6) is 0 Å². The van der Waals surface area contributed by atoms with Gasteiger partial charge in [0.1, 0.15) is 0 Å². The van der Waals surface area contributed by atoms with E-state index in [1.165, 1.54) is 0 Å². The minimum atomic E-state index is -2.43. The maximum atomic E-state index is 14.4. The molecule has 0 heterocycles. The van der Waals surface area contributed by atoms with Gasteiger partial charge in [0, 0.05) is 30.8 Å². The highest BCUT2D eigenvalue weighted by molar-refractivity contribution is 5.83. The molecule has 0 spiro atoms. The number of carbonyl (C=O) groups excluding carboxylic acids is 2. The normalized spacial score (nSPS) is 21.5. The van der Waals surface area contributed by atoms with E-state index >= 15 is 0 Å². The molecule has 2 aliphatic carbocycles. The summed E-state index contributed by atoms with van der Waals surface area (Å²) in [5.41, 5.74) is -6.46. The van der Waals surface area contributed by atoms with Gasteiger partial charge in [0.2, 0.25) is 0 Å². The lowest BCUT2D eigenvalue weighted by atomic mass is 9.51. The Hall–Kier alpha value is -2.66. The molecule has 2 unspecified atom stereocenters. The van der Waals surface area contributed by atoms with Crippen LogP contribution >= 0.6 is 0 Å². The Balaban J connectivity index is 4.33. The van der Waals surface area contributed by atoms with Crippen molar-refractivity contribution in [3.8, 4) is 0 Å². The van der Waals surface area contributed by atoms with Crippen molar-refractivity contribution >= 4 is 11.9 Å². The first-order valence-electron chi connectivity index (χ1n) is 31.1. The van der Waals surface area contributed by atoms with E-state index in [4.69, 9.17) is 75.8 Å². The van der Waals surface area contributed by atoms with Gasteiger partial charge in [-0.15, -0.1) is 0 Å². The Labute approximate surface area is 489 Å². The quantitative estimate of drug-likeness (QED) is 0.0318. The fourth-order valence-electron chi connectivity index (χ4n) is 10.5. The first-order valence-corrected chi connectivity index (χ1v) is 31.1. The summed E-state index contributed by atoms with van der Waals surface area (Å²) in [6.45, 7) is 39.4. The summed E-state index contributed by atoms with van der Waals surface area (Å²) in [4.78, 5) is 28.8. The van der Waals surface area contributed by atoms with Crippen LogP contribution in [-0.4, -0.2) is 150 Å². The fraction of sp³-hybridized carbons (Fsp3) is 0.841. The van der Waals surface area contributed by atoms with Gasteiger partial charge in [-0.25, -0.2) is 9.59 Å². The lowest BCUT2D eigenvalue weighted by Crippen LogP contribution is -2.91. The molecule has 0 saturated heterocycles. The minimum Gasteiger partial charge on any atom is -0.422 e. The van der Waals surface area contributed by atoms with Crippen LogP contribution in [0.2, 0.25) is 0 Å². The second-order valence-corrected chi connectivity index (χ2v) is 20.9.